The maximum absolute atomic E-state index is 5.60. The maximum Gasteiger partial charge on any atom is 0.132 e. The molecular weight excluding hydrogens is 216 g/mol. The van der Waals surface area contributed by atoms with Crippen molar-refractivity contribution >= 4 is 0 Å². The first-order valence-electron chi connectivity index (χ1n) is 6.37. The Morgan fingerprint density at radius 1 is 1.47 bits per heavy atom. The Hall–Kier alpha value is -0.940. The molecule has 5 heteroatoms. The van der Waals surface area contributed by atoms with Gasteiger partial charge in [0.05, 0.1) is 6.61 Å². The van der Waals surface area contributed by atoms with Gasteiger partial charge in [-0.3, -0.25) is 0 Å². The smallest absolute Gasteiger partial charge is 0.132 e. The summed E-state index contributed by atoms with van der Waals surface area (Å²) in [5.41, 5.74) is 5.60. The second-order valence-electron chi connectivity index (χ2n) is 4.32. The molecule has 0 aliphatic rings. The fourth-order valence-electron chi connectivity index (χ4n) is 1.97. The van der Waals surface area contributed by atoms with Gasteiger partial charge in [-0.2, -0.15) is 0 Å². The summed E-state index contributed by atoms with van der Waals surface area (Å²) >= 11 is 0. The number of aryl methyl sites for hydroxylation is 1. The lowest BCUT2D eigenvalue weighted by molar-refractivity contribution is 0.186. The Labute approximate surface area is 103 Å². The first kappa shape index (κ1) is 14.1. The molecule has 2 N–H and O–H groups in total. The Bertz CT molecular complexity index is 300. The summed E-state index contributed by atoms with van der Waals surface area (Å²) in [4.78, 5) is 0. The molecular formula is C12H24N4O. The first-order chi connectivity index (χ1) is 8.31. The summed E-state index contributed by atoms with van der Waals surface area (Å²) in [7, 11) is 1.71. The van der Waals surface area contributed by atoms with Crippen molar-refractivity contribution < 1.29 is 4.74 Å². The van der Waals surface area contributed by atoms with Gasteiger partial charge in [-0.05, 0) is 25.3 Å². The summed E-state index contributed by atoms with van der Waals surface area (Å²) in [5.74, 6) is 1.75. The summed E-state index contributed by atoms with van der Waals surface area (Å²) in [6, 6.07) is 0. The van der Waals surface area contributed by atoms with E-state index in [2.05, 4.69) is 21.7 Å². The molecule has 0 bridgehead atoms. The van der Waals surface area contributed by atoms with Gasteiger partial charge in [0.25, 0.3) is 0 Å². The molecule has 17 heavy (non-hydrogen) atoms. The van der Waals surface area contributed by atoms with Gasteiger partial charge in [0, 0.05) is 20.1 Å². The SMILES string of the molecule is CCC(CCN)CCc1nncn1CCOC. The molecule has 1 aromatic rings. The fraction of sp³-hybridized carbons (Fsp3) is 0.833. The molecule has 5 nitrogen and oxygen atoms in total. The van der Waals surface area contributed by atoms with Crippen LogP contribution in [0.5, 0.6) is 0 Å². The van der Waals surface area contributed by atoms with Crippen LogP contribution in [0, 0.1) is 5.92 Å². The van der Waals surface area contributed by atoms with Crippen LogP contribution in [0.1, 0.15) is 32.0 Å². The number of hydrogen-bond acceptors (Lipinski definition) is 4. The molecule has 1 heterocycles. The van der Waals surface area contributed by atoms with Crippen molar-refractivity contribution in [2.24, 2.45) is 11.7 Å². The van der Waals surface area contributed by atoms with Gasteiger partial charge < -0.3 is 15.0 Å². The standard InChI is InChI=1S/C12H24N4O/c1-3-11(6-7-13)4-5-12-15-14-10-16(12)8-9-17-2/h10-11H,3-9,13H2,1-2H3. The minimum Gasteiger partial charge on any atom is -0.383 e. The number of rotatable bonds is 9. The van der Waals surface area contributed by atoms with Crippen molar-refractivity contribution in [3.05, 3.63) is 12.2 Å². The highest BCUT2D eigenvalue weighted by molar-refractivity contribution is 4.86. The third kappa shape index (κ3) is 4.83. The van der Waals surface area contributed by atoms with Gasteiger partial charge in [0.15, 0.2) is 0 Å². The summed E-state index contributed by atoms with van der Waals surface area (Å²) in [6.45, 7) is 4.52. The van der Waals surface area contributed by atoms with E-state index >= 15 is 0 Å². The van der Waals surface area contributed by atoms with E-state index < -0.39 is 0 Å². The van der Waals surface area contributed by atoms with E-state index in [0.717, 1.165) is 38.2 Å². The first-order valence-corrected chi connectivity index (χ1v) is 6.37. The molecule has 1 rings (SSSR count). The zero-order chi connectivity index (χ0) is 12.5. The van der Waals surface area contributed by atoms with Crippen LogP contribution in [-0.4, -0.2) is 35.0 Å². The average Bonchev–Trinajstić information content (AvgIpc) is 2.79. The summed E-state index contributed by atoms with van der Waals surface area (Å²) < 4.78 is 7.13. The number of methoxy groups -OCH3 is 1. The number of hydrogen-bond donors (Lipinski definition) is 1. The normalized spacial score (nSPS) is 12.9. The molecule has 0 amide bonds. The van der Waals surface area contributed by atoms with Crippen molar-refractivity contribution in [3.63, 3.8) is 0 Å². The predicted molar refractivity (Wildman–Crippen MR) is 67.7 cm³/mol. The highest BCUT2D eigenvalue weighted by Crippen LogP contribution is 2.15. The molecule has 1 unspecified atom stereocenters. The number of nitrogens with two attached hydrogens (primary N) is 1. The minimum atomic E-state index is 0.699. The molecule has 98 valence electrons. The minimum absolute atomic E-state index is 0.699. The van der Waals surface area contributed by atoms with Crippen LogP contribution in [0.3, 0.4) is 0 Å². The van der Waals surface area contributed by atoms with Gasteiger partial charge in [-0.25, -0.2) is 0 Å². The van der Waals surface area contributed by atoms with Gasteiger partial charge in [-0.1, -0.05) is 13.3 Å². The van der Waals surface area contributed by atoms with Crippen LogP contribution in [-0.2, 0) is 17.7 Å². The second kappa shape index (κ2) is 8.20. The Kier molecular flexibility index (Phi) is 6.81. The Morgan fingerprint density at radius 2 is 2.29 bits per heavy atom. The molecule has 0 radical (unpaired) electrons. The molecule has 1 aromatic heterocycles. The van der Waals surface area contributed by atoms with Crippen molar-refractivity contribution in [3.8, 4) is 0 Å². The fourth-order valence-corrected chi connectivity index (χ4v) is 1.97. The van der Waals surface area contributed by atoms with Crippen molar-refractivity contribution in [2.75, 3.05) is 20.3 Å². The largest absolute Gasteiger partial charge is 0.383 e. The molecule has 0 aliphatic carbocycles. The lowest BCUT2D eigenvalue weighted by Crippen LogP contribution is -2.12. The number of ether oxygens (including phenoxy) is 1. The zero-order valence-electron chi connectivity index (χ0n) is 10.9. The lowest BCUT2D eigenvalue weighted by Gasteiger charge is -2.13. The van der Waals surface area contributed by atoms with E-state index in [4.69, 9.17) is 10.5 Å². The van der Waals surface area contributed by atoms with Gasteiger partial charge in [-0.15, -0.1) is 10.2 Å². The highest BCUT2D eigenvalue weighted by atomic mass is 16.5. The van der Waals surface area contributed by atoms with E-state index in [1.54, 1.807) is 13.4 Å². The molecule has 0 saturated heterocycles. The van der Waals surface area contributed by atoms with Crippen LogP contribution >= 0.6 is 0 Å². The Balaban J connectivity index is 2.42. The molecule has 0 spiro atoms. The van der Waals surface area contributed by atoms with Crippen LogP contribution in [0.4, 0.5) is 0 Å². The molecule has 0 fully saturated rings. The number of aromatic nitrogens is 3. The van der Waals surface area contributed by atoms with E-state index in [1.807, 2.05) is 0 Å². The van der Waals surface area contributed by atoms with Crippen LogP contribution < -0.4 is 5.73 Å². The van der Waals surface area contributed by atoms with E-state index in [0.29, 0.717) is 12.5 Å². The van der Waals surface area contributed by atoms with Crippen LogP contribution in [0.15, 0.2) is 6.33 Å². The average molecular weight is 240 g/mol. The summed E-state index contributed by atoms with van der Waals surface area (Å²) in [5, 5.41) is 8.12. The zero-order valence-corrected chi connectivity index (χ0v) is 10.9. The summed E-state index contributed by atoms with van der Waals surface area (Å²) in [6.07, 6.45) is 6.17. The molecule has 0 saturated carbocycles. The highest BCUT2D eigenvalue weighted by Gasteiger charge is 2.09. The third-order valence-electron chi connectivity index (χ3n) is 3.16. The Morgan fingerprint density at radius 3 is 2.94 bits per heavy atom. The third-order valence-corrected chi connectivity index (χ3v) is 3.16. The second-order valence-corrected chi connectivity index (χ2v) is 4.32. The van der Waals surface area contributed by atoms with Crippen molar-refractivity contribution in [1.29, 1.82) is 0 Å². The van der Waals surface area contributed by atoms with E-state index in [-0.39, 0.29) is 0 Å². The van der Waals surface area contributed by atoms with E-state index in [1.165, 1.54) is 6.42 Å². The van der Waals surface area contributed by atoms with E-state index in [9.17, 15) is 0 Å². The molecule has 0 aliphatic heterocycles. The number of nitrogens with zero attached hydrogens (tertiary/aromatic N) is 3. The maximum atomic E-state index is 5.60. The lowest BCUT2D eigenvalue weighted by atomic mass is 9.96. The van der Waals surface area contributed by atoms with Crippen LogP contribution in [0.2, 0.25) is 0 Å². The predicted octanol–water partition coefficient (Wildman–Crippen LogP) is 1.23. The van der Waals surface area contributed by atoms with Gasteiger partial charge in [0.1, 0.15) is 12.2 Å². The van der Waals surface area contributed by atoms with Crippen molar-refractivity contribution in [2.45, 2.75) is 39.2 Å². The van der Waals surface area contributed by atoms with Crippen molar-refractivity contribution in [1.82, 2.24) is 14.8 Å². The van der Waals surface area contributed by atoms with Gasteiger partial charge >= 0.3 is 0 Å². The molecule has 1 atom stereocenters. The topological polar surface area (TPSA) is 66.0 Å². The quantitative estimate of drug-likeness (QED) is 0.705. The van der Waals surface area contributed by atoms with Crippen LogP contribution in [0.25, 0.3) is 0 Å². The van der Waals surface area contributed by atoms with Gasteiger partial charge in [0.2, 0.25) is 0 Å². The monoisotopic (exact) mass is 240 g/mol. The molecule has 0 aromatic carbocycles.